The van der Waals surface area contributed by atoms with Crippen LogP contribution in [0.5, 0.6) is 0 Å². The van der Waals surface area contributed by atoms with Gasteiger partial charge in [-0.1, -0.05) is 20.8 Å². The number of ether oxygens (including phenoxy) is 1. The summed E-state index contributed by atoms with van der Waals surface area (Å²) in [6.45, 7) is 8.84. The molecule has 4 unspecified atom stereocenters. The maximum Gasteiger partial charge on any atom is 0.313 e. The molecule has 3 aliphatic rings. The Kier molecular flexibility index (Phi) is 7.70. The lowest BCUT2D eigenvalue weighted by atomic mass is 9.81. The van der Waals surface area contributed by atoms with Gasteiger partial charge in [0.2, 0.25) is 18.2 Å². The van der Waals surface area contributed by atoms with Crippen LogP contribution in [0.25, 0.3) is 22.3 Å². The number of benzene rings is 1. The van der Waals surface area contributed by atoms with Crippen LogP contribution < -0.4 is 21.5 Å². The Morgan fingerprint density at radius 3 is 2.60 bits per heavy atom. The standard InChI is InChI=1S/C33H36FN5O6/c1-6-17-19-9-25-29-20(11-39(25)32(43)21(19)12-45-33(17)44)27-23(8-7-18-15(4)22(34)10-24(37-29)26(18)27)38-30(41)16(5)36-31(42)28(14(2)3)35-13-40/h9-10,13-14,16-17,23,28H,6-8,11-12H2,1-5H3,(H,35,40)(H,36,42)(H,38,41). The van der Waals surface area contributed by atoms with E-state index >= 15 is 4.39 Å². The molecule has 2 aromatic heterocycles. The van der Waals surface area contributed by atoms with Crippen molar-refractivity contribution in [2.75, 3.05) is 0 Å². The first-order valence-electron chi connectivity index (χ1n) is 15.3. The minimum atomic E-state index is -0.913. The average Bonchev–Trinajstić information content (AvgIpc) is 3.37. The number of cyclic esters (lactones) is 1. The molecule has 0 saturated heterocycles. The van der Waals surface area contributed by atoms with E-state index in [1.54, 1.807) is 32.3 Å². The molecular formula is C33H36FN5O6. The number of nitrogens with zero attached hydrogens (tertiary/aromatic N) is 2. The quantitative estimate of drug-likeness (QED) is 0.203. The van der Waals surface area contributed by atoms with E-state index in [2.05, 4.69) is 16.0 Å². The third kappa shape index (κ3) is 4.87. The number of aryl methyl sites for hydroxylation is 1. The number of nitrogens with one attached hydrogen (secondary N) is 3. The molecular weight excluding hydrogens is 581 g/mol. The molecule has 4 heterocycles. The molecule has 1 aliphatic carbocycles. The third-order valence-corrected chi connectivity index (χ3v) is 9.46. The highest BCUT2D eigenvalue weighted by Gasteiger charge is 2.38. The molecule has 4 atom stereocenters. The number of hydrogen-bond acceptors (Lipinski definition) is 7. The summed E-state index contributed by atoms with van der Waals surface area (Å²) in [6.07, 6.45) is 1.90. The summed E-state index contributed by atoms with van der Waals surface area (Å²) in [7, 11) is 0. The van der Waals surface area contributed by atoms with Crippen molar-refractivity contribution in [3.8, 4) is 11.4 Å². The predicted octanol–water partition coefficient (Wildman–Crippen LogP) is 2.80. The van der Waals surface area contributed by atoms with Crippen molar-refractivity contribution >= 4 is 35.1 Å². The minimum absolute atomic E-state index is 0.0980. The van der Waals surface area contributed by atoms with Crippen LogP contribution in [0, 0.1) is 18.7 Å². The summed E-state index contributed by atoms with van der Waals surface area (Å²) in [4.78, 5) is 68.5. The molecule has 1 aromatic carbocycles. The number of pyridine rings is 2. The normalized spacial score (nSPS) is 19.2. The lowest BCUT2D eigenvalue weighted by Crippen LogP contribution is -2.53. The molecule has 0 fully saturated rings. The fourth-order valence-electron chi connectivity index (χ4n) is 7.03. The topological polar surface area (TPSA) is 148 Å². The second-order valence-electron chi connectivity index (χ2n) is 12.5. The Morgan fingerprint density at radius 1 is 1.16 bits per heavy atom. The minimum Gasteiger partial charge on any atom is -0.460 e. The highest BCUT2D eigenvalue weighted by molar-refractivity contribution is 5.95. The summed E-state index contributed by atoms with van der Waals surface area (Å²) >= 11 is 0. The molecule has 0 bridgehead atoms. The molecule has 2 aliphatic heterocycles. The van der Waals surface area contributed by atoms with Crippen LogP contribution >= 0.6 is 0 Å². The molecule has 236 valence electrons. The molecule has 11 nitrogen and oxygen atoms in total. The Balaban J connectivity index is 1.43. The first kappa shape index (κ1) is 30.4. The predicted molar refractivity (Wildman–Crippen MR) is 163 cm³/mol. The number of fused-ring (bicyclic) bond motifs is 5. The highest BCUT2D eigenvalue weighted by Crippen LogP contribution is 2.45. The SMILES string of the molecule is CCC1C(=O)OCc2c1cc1n(c2=O)Cc2c-1nc1cc(F)c(C)c3c1c2C(NC(=O)C(C)NC(=O)C(NC=O)C(C)C)CC3. The van der Waals surface area contributed by atoms with Crippen molar-refractivity contribution in [2.24, 2.45) is 5.92 Å². The molecule has 0 spiro atoms. The van der Waals surface area contributed by atoms with E-state index in [4.69, 9.17) is 9.72 Å². The number of halogens is 1. The van der Waals surface area contributed by atoms with E-state index in [9.17, 15) is 24.0 Å². The van der Waals surface area contributed by atoms with E-state index < -0.39 is 35.9 Å². The monoisotopic (exact) mass is 617 g/mol. The van der Waals surface area contributed by atoms with Crippen LogP contribution in [-0.4, -0.2) is 45.8 Å². The highest BCUT2D eigenvalue weighted by atomic mass is 19.1. The molecule has 3 aromatic rings. The maximum absolute atomic E-state index is 15.2. The Morgan fingerprint density at radius 2 is 1.91 bits per heavy atom. The molecule has 12 heteroatoms. The van der Waals surface area contributed by atoms with Crippen LogP contribution in [0.2, 0.25) is 0 Å². The van der Waals surface area contributed by atoms with Gasteiger partial charge in [0.1, 0.15) is 24.5 Å². The van der Waals surface area contributed by atoms with Gasteiger partial charge in [0.15, 0.2) is 0 Å². The van der Waals surface area contributed by atoms with Crippen LogP contribution in [0.1, 0.15) is 85.9 Å². The number of hydrogen-bond donors (Lipinski definition) is 3. The van der Waals surface area contributed by atoms with Crippen molar-refractivity contribution in [1.29, 1.82) is 0 Å². The summed E-state index contributed by atoms with van der Waals surface area (Å²) in [5.41, 5.74) is 5.15. The van der Waals surface area contributed by atoms with Gasteiger partial charge in [-0.15, -0.1) is 0 Å². The number of carbonyl (C=O) groups is 4. The first-order valence-corrected chi connectivity index (χ1v) is 15.3. The van der Waals surface area contributed by atoms with E-state index in [1.165, 1.54) is 6.07 Å². The van der Waals surface area contributed by atoms with Crippen molar-refractivity contribution in [3.63, 3.8) is 0 Å². The van der Waals surface area contributed by atoms with E-state index in [1.807, 2.05) is 13.0 Å². The third-order valence-electron chi connectivity index (χ3n) is 9.46. The van der Waals surface area contributed by atoms with E-state index in [-0.39, 0.29) is 36.4 Å². The maximum atomic E-state index is 15.2. The van der Waals surface area contributed by atoms with E-state index in [0.717, 1.165) is 22.1 Å². The second-order valence-corrected chi connectivity index (χ2v) is 12.5. The average molecular weight is 618 g/mol. The first-order chi connectivity index (χ1) is 21.5. The zero-order chi connectivity index (χ0) is 32.3. The van der Waals surface area contributed by atoms with Crippen LogP contribution in [0.4, 0.5) is 4.39 Å². The van der Waals surface area contributed by atoms with Crippen molar-refractivity contribution in [1.82, 2.24) is 25.5 Å². The summed E-state index contributed by atoms with van der Waals surface area (Å²) in [5.74, 6) is -2.41. The number of esters is 1. The van der Waals surface area contributed by atoms with Gasteiger partial charge in [-0.2, -0.15) is 0 Å². The zero-order valence-electron chi connectivity index (χ0n) is 25.9. The van der Waals surface area contributed by atoms with Gasteiger partial charge in [0, 0.05) is 17.0 Å². The summed E-state index contributed by atoms with van der Waals surface area (Å²) in [6, 6.07) is 1.01. The fraction of sp³-hybridized carbons (Fsp3) is 0.455. The molecule has 6 rings (SSSR count). The largest absolute Gasteiger partial charge is 0.460 e. The molecule has 45 heavy (non-hydrogen) atoms. The van der Waals surface area contributed by atoms with E-state index in [0.29, 0.717) is 59.3 Å². The molecule has 3 amide bonds. The van der Waals surface area contributed by atoms with Gasteiger partial charge < -0.3 is 25.3 Å². The smallest absolute Gasteiger partial charge is 0.313 e. The number of rotatable bonds is 8. The van der Waals surface area contributed by atoms with Crippen LogP contribution in [0.15, 0.2) is 16.9 Å². The number of carbonyl (C=O) groups excluding carboxylic acids is 4. The van der Waals surface area contributed by atoms with Gasteiger partial charge in [0.05, 0.1) is 41.0 Å². The molecule has 0 radical (unpaired) electrons. The lowest BCUT2D eigenvalue weighted by molar-refractivity contribution is -0.148. The van der Waals surface area contributed by atoms with Gasteiger partial charge in [-0.3, -0.25) is 24.0 Å². The number of amides is 3. The van der Waals surface area contributed by atoms with Gasteiger partial charge in [-0.05, 0) is 67.3 Å². The van der Waals surface area contributed by atoms with Crippen molar-refractivity contribution < 1.29 is 28.3 Å². The van der Waals surface area contributed by atoms with Crippen LogP contribution in [-0.2, 0) is 43.5 Å². The zero-order valence-corrected chi connectivity index (χ0v) is 25.9. The number of aromatic nitrogens is 2. The Bertz CT molecular complexity index is 1850. The van der Waals surface area contributed by atoms with Crippen molar-refractivity contribution in [3.05, 3.63) is 61.7 Å². The summed E-state index contributed by atoms with van der Waals surface area (Å²) in [5, 5.41) is 9.04. The Hall–Kier alpha value is -4.61. The lowest BCUT2D eigenvalue weighted by Gasteiger charge is -2.31. The van der Waals surface area contributed by atoms with Gasteiger partial charge in [-0.25, -0.2) is 9.37 Å². The molecule has 0 saturated carbocycles. The van der Waals surface area contributed by atoms with Gasteiger partial charge >= 0.3 is 5.97 Å². The van der Waals surface area contributed by atoms with Crippen LogP contribution in [0.3, 0.4) is 0 Å². The summed E-state index contributed by atoms with van der Waals surface area (Å²) < 4.78 is 22.1. The van der Waals surface area contributed by atoms with Crippen molar-refractivity contribution in [2.45, 2.75) is 91.1 Å². The molecule has 3 N–H and O–H groups in total. The second kappa shape index (κ2) is 11.4. The van der Waals surface area contributed by atoms with Gasteiger partial charge in [0.25, 0.3) is 5.56 Å². The fourth-order valence-corrected chi connectivity index (χ4v) is 7.03. The Labute approximate surface area is 258 Å².